The Morgan fingerprint density at radius 1 is 1.67 bits per heavy atom. The molecule has 3 nitrogen and oxygen atoms in total. The Balaban J connectivity index is 3.84. The highest BCUT2D eigenvalue weighted by molar-refractivity contribution is 5.70. The predicted molar refractivity (Wildman–Crippen MR) is 37.9 cm³/mol. The third-order valence-electron chi connectivity index (χ3n) is 1.25. The summed E-state index contributed by atoms with van der Waals surface area (Å²) in [6, 6.07) is 0. The molecule has 0 bridgehead atoms. The van der Waals surface area contributed by atoms with Gasteiger partial charge in [-0.05, 0) is 6.92 Å². The molecule has 0 aromatic heterocycles. The maximum atomic E-state index is 12.3. The first-order valence-corrected chi connectivity index (χ1v) is 3.59. The van der Waals surface area contributed by atoms with Gasteiger partial charge in [0.05, 0.1) is 13.0 Å². The van der Waals surface area contributed by atoms with Crippen molar-refractivity contribution in [1.82, 2.24) is 0 Å². The minimum atomic E-state index is -3.26. The Bertz CT molecular complexity index is 153. The summed E-state index contributed by atoms with van der Waals surface area (Å²) in [5.41, 5.74) is 0. The molecule has 1 atom stereocenters. The number of carbonyl (C=O) groups is 1. The van der Waals surface area contributed by atoms with E-state index in [1.165, 1.54) is 0 Å². The lowest BCUT2D eigenvalue weighted by molar-refractivity contribution is -0.153. The van der Waals surface area contributed by atoms with E-state index in [2.05, 4.69) is 4.74 Å². The molecule has 0 spiro atoms. The highest BCUT2D eigenvalue weighted by atomic mass is 19.3. The molecule has 0 saturated carbocycles. The molecular formula is C7H12F2O3. The van der Waals surface area contributed by atoms with Crippen LogP contribution in [0.25, 0.3) is 0 Å². The Morgan fingerprint density at radius 2 is 2.17 bits per heavy atom. The summed E-state index contributed by atoms with van der Waals surface area (Å²) in [4.78, 5) is 10.6. The lowest BCUT2D eigenvalue weighted by atomic mass is 10.1. The van der Waals surface area contributed by atoms with Crippen molar-refractivity contribution in [2.24, 2.45) is 0 Å². The monoisotopic (exact) mass is 182 g/mol. The number of aliphatic hydroxyl groups is 1. The first kappa shape index (κ1) is 11.3. The number of halogens is 2. The van der Waals surface area contributed by atoms with E-state index >= 15 is 0 Å². The van der Waals surface area contributed by atoms with Gasteiger partial charge in [0.25, 0.3) is 5.92 Å². The van der Waals surface area contributed by atoms with Crippen LogP contribution in [0.15, 0.2) is 0 Å². The first-order chi connectivity index (χ1) is 5.38. The van der Waals surface area contributed by atoms with Crippen molar-refractivity contribution in [3.63, 3.8) is 0 Å². The molecule has 0 unspecified atom stereocenters. The van der Waals surface area contributed by atoms with Crippen molar-refractivity contribution in [2.45, 2.75) is 32.3 Å². The van der Waals surface area contributed by atoms with Crippen LogP contribution in [0.5, 0.6) is 0 Å². The van der Waals surface area contributed by atoms with Gasteiger partial charge in [-0.3, -0.25) is 4.79 Å². The molecular weight excluding hydrogens is 170 g/mol. The quantitative estimate of drug-likeness (QED) is 0.658. The summed E-state index contributed by atoms with van der Waals surface area (Å²) in [5, 5.41) is 8.73. The lowest BCUT2D eigenvalue weighted by Crippen LogP contribution is -2.32. The van der Waals surface area contributed by atoms with Crippen LogP contribution < -0.4 is 0 Å². The Kier molecular flexibility index (Phi) is 4.09. The van der Waals surface area contributed by atoms with E-state index in [4.69, 9.17) is 5.11 Å². The molecule has 0 aliphatic heterocycles. The van der Waals surface area contributed by atoms with Crippen molar-refractivity contribution in [1.29, 1.82) is 0 Å². The summed E-state index contributed by atoms with van der Waals surface area (Å²) in [5.74, 6) is -4.07. The molecule has 0 aromatic carbocycles. The van der Waals surface area contributed by atoms with E-state index in [1.54, 1.807) is 6.92 Å². The van der Waals surface area contributed by atoms with E-state index in [0.29, 0.717) is 6.92 Å². The van der Waals surface area contributed by atoms with Crippen molar-refractivity contribution >= 4 is 5.97 Å². The van der Waals surface area contributed by atoms with Gasteiger partial charge in [0.1, 0.15) is 6.10 Å². The summed E-state index contributed by atoms with van der Waals surface area (Å²) in [7, 11) is 0. The third kappa shape index (κ3) is 4.23. The maximum Gasteiger partial charge on any atom is 0.308 e. The second-order valence-electron chi connectivity index (χ2n) is 2.48. The molecule has 0 fully saturated rings. The van der Waals surface area contributed by atoms with Crippen LogP contribution >= 0.6 is 0 Å². The molecule has 72 valence electrons. The maximum absolute atomic E-state index is 12.3. The lowest BCUT2D eigenvalue weighted by Gasteiger charge is -2.16. The molecule has 5 heteroatoms. The van der Waals surface area contributed by atoms with Gasteiger partial charge in [-0.2, -0.15) is 0 Å². The summed E-state index contributed by atoms with van der Waals surface area (Å²) in [6.07, 6.45) is -2.63. The largest absolute Gasteiger partial charge is 0.466 e. The van der Waals surface area contributed by atoms with E-state index in [9.17, 15) is 13.6 Å². The highest BCUT2D eigenvalue weighted by Gasteiger charge is 2.34. The third-order valence-corrected chi connectivity index (χ3v) is 1.25. The number of esters is 1. The molecule has 0 radical (unpaired) electrons. The van der Waals surface area contributed by atoms with Gasteiger partial charge < -0.3 is 9.84 Å². The van der Waals surface area contributed by atoms with Gasteiger partial charge in [-0.25, -0.2) is 8.78 Å². The molecule has 0 aliphatic rings. The fourth-order valence-electron chi connectivity index (χ4n) is 0.557. The topological polar surface area (TPSA) is 46.5 Å². The van der Waals surface area contributed by atoms with Crippen LogP contribution in [-0.4, -0.2) is 29.7 Å². The molecule has 1 N–H and O–H groups in total. The van der Waals surface area contributed by atoms with Gasteiger partial charge in [-0.1, -0.05) is 0 Å². The predicted octanol–water partition coefficient (Wildman–Crippen LogP) is 0.956. The Morgan fingerprint density at radius 3 is 2.50 bits per heavy atom. The van der Waals surface area contributed by atoms with Crippen LogP contribution in [0, 0.1) is 0 Å². The van der Waals surface area contributed by atoms with Gasteiger partial charge in [0.2, 0.25) is 0 Å². The van der Waals surface area contributed by atoms with Gasteiger partial charge in [-0.15, -0.1) is 0 Å². The number of aliphatic hydroxyl groups excluding tert-OH is 1. The SMILES string of the molecule is CCOC(=O)C[C@@H](O)C(C)(F)F. The number of rotatable bonds is 4. The number of alkyl halides is 2. The van der Waals surface area contributed by atoms with E-state index in [-0.39, 0.29) is 6.61 Å². The van der Waals surface area contributed by atoms with Crippen LogP contribution in [0.3, 0.4) is 0 Å². The van der Waals surface area contributed by atoms with Crippen molar-refractivity contribution in [3.05, 3.63) is 0 Å². The molecule has 0 amide bonds. The van der Waals surface area contributed by atoms with Crippen LogP contribution in [-0.2, 0) is 9.53 Å². The number of hydrogen-bond acceptors (Lipinski definition) is 3. The minimum Gasteiger partial charge on any atom is -0.466 e. The molecule has 0 saturated heterocycles. The average molecular weight is 182 g/mol. The zero-order valence-electron chi connectivity index (χ0n) is 7.01. The summed E-state index contributed by atoms with van der Waals surface area (Å²) >= 11 is 0. The smallest absolute Gasteiger partial charge is 0.308 e. The number of hydrogen-bond donors (Lipinski definition) is 1. The number of ether oxygens (including phenoxy) is 1. The van der Waals surface area contributed by atoms with Gasteiger partial charge >= 0.3 is 5.97 Å². The van der Waals surface area contributed by atoms with E-state index in [0.717, 1.165) is 0 Å². The fourth-order valence-corrected chi connectivity index (χ4v) is 0.557. The standard InChI is InChI=1S/C7H12F2O3/c1-3-12-6(11)4-5(10)7(2,8)9/h5,10H,3-4H2,1-2H3/t5-/m1/s1. The van der Waals surface area contributed by atoms with E-state index in [1.807, 2.05) is 0 Å². The molecule has 0 rings (SSSR count). The second-order valence-corrected chi connectivity index (χ2v) is 2.48. The fraction of sp³-hybridized carbons (Fsp3) is 0.857. The molecule has 12 heavy (non-hydrogen) atoms. The zero-order chi connectivity index (χ0) is 9.78. The molecule has 0 aromatic rings. The zero-order valence-corrected chi connectivity index (χ0v) is 7.01. The minimum absolute atomic E-state index is 0.126. The Hall–Kier alpha value is -0.710. The highest BCUT2D eigenvalue weighted by Crippen LogP contribution is 2.19. The Labute approximate surface area is 69.3 Å². The van der Waals surface area contributed by atoms with Gasteiger partial charge in [0, 0.05) is 6.92 Å². The van der Waals surface area contributed by atoms with Crippen molar-refractivity contribution < 1.29 is 23.4 Å². The molecule has 0 aliphatic carbocycles. The van der Waals surface area contributed by atoms with E-state index < -0.39 is 24.4 Å². The second kappa shape index (κ2) is 4.35. The van der Waals surface area contributed by atoms with Crippen molar-refractivity contribution in [3.8, 4) is 0 Å². The van der Waals surface area contributed by atoms with Crippen LogP contribution in [0.4, 0.5) is 8.78 Å². The average Bonchev–Trinajstić information content (AvgIpc) is 1.85. The van der Waals surface area contributed by atoms with Crippen molar-refractivity contribution in [2.75, 3.05) is 6.61 Å². The first-order valence-electron chi connectivity index (χ1n) is 3.59. The number of carbonyl (C=O) groups excluding carboxylic acids is 1. The summed E-state index contributed by atoms with van der Waals surface area (Å²) < 4.78 is 28.9. The van der Waals surface area contributed by atoms with Crippen LogP contribution in [0.1, 0.15) is 20.3 Å². The summed E-state index contributed by atoms with van der Waals surface area (Å²) in [6.45, 7) is 2.24. The molecule has 0 heterocycles. The normalized spacial score (nSPS) is 14.1. The van der Waals surface area contributed by atoms with Crippen LogP contribution in [0.2, 0.25) is 0 Å². The van der Waals surface area contributed by atoms with Gasteiger partial charge in [0.15, 0.2) is 0 Å².